The minimum atomic E-state index is -3.36. The number of aromatic amines is 1. The molecule has 0 saturated carbocycles. The van der Waals surface area contributed by atoms with Crippen molar-refractivity contribution in [3.05, 3.63) is 57.5 Å². The van der Waals surface area contributed by atoms with Crippen molar-refractivity contribution in [2.24, 2.45) is 16.0 Å². The Labute approximate surface area is 180 Å². The number of nitrogens with one attached hydrogen (secondary N) is 2. The molecule has 0 bridgehead atoms. The molecule has 1 amide bonds. The molecule has 2 aliphatic heterocycles. The first-order valence-corrected chi connectivity index (χ1v) is 11.4. The first-order chi connectivity index (χ1) is 14.7. The fourth-order valence-corrected chi connectivity index (χ4v) is 4.81. The Hall–Kier alpha value is -3.02. The van der Waals surface area contributed by atoms with Crippen molar-refractivity contribution in [3.63, 3.8) is 0 Å². The van der Waals surface area contributed by atoms with E-state index in [2.05, 4.69) is 14.1 Å². The van der Waals surface area contributed by atoms with Gasteiger partial charge < -0.3 is 20.4 Å². The highest BCUT2D eigenvalue weighted by atomic mass is 32.3. The van der Waals surface area contributed by atoms with Gasteiger partial charge in [-0.25, -0.2) is 0 Å². The standard InChI is InChI=1S/C20H25N5O5S/c1-12-8-14(9-17(26)22-12)20(27)25-7-3-4-13(10-25)11-30-16-6-2-5-15-18(16)19(21)24-31(28,29)23-15/h2,5-6,8-9,13,23,28-29H,3-4,7,10-11H2,1H3,(H2,21,24)(H,22,26). The van der Waals surface area contributed by atoms with Crippen molar-refractivity contribution in [3.8, 4) is 5.75 Å². The van der Waals surface area contributed by atoms with E-state index in [1.165, 1.54) is 6.07 Å². The van der Waals surface area contributed by atoms with Gasteiger partial charge in [-0.2, -0.15) is 0 Å². The number of rotatable bonds is 4. The number of hydrogen-bond donors (Lipinski definition) is 5. The van der Waals surface area contributed by atoms with Crippen LogP contribution in [-0.2, 0) is 0 Å². The molecule has 1 atom stereocenters. The maximum Gasteiger partial charge on any atom is 0.254 e. The highest BCUT2D eigenvalue weighted by Crippen LogP contribution is 2.46. The van der Waals surface area contributed by atoms with Crippen LogP contribution in [0.2, 0.25) is 0 Å². The van der Waals surface area contributed by atoms with Gasteiger partial charge in [0.05, 0.1) is 17.9 Å². The molecule has 2 aliphatic rings. The average molecular weight is 448 g/mol. The number of ether oxygens (including phenoxy) is 1. The van der Waals surface area contributed by atoms with Gasteiger partial charge in [-0.15, -0.1) is 4.40 Å². The van der Waals surface area contributed by atoms with E-state index in [9.17, 15) is 18.7 Å². The van der Waals surface area contributed by atoms with Gasteiger partial charge in [0, 0.05) is 36.3 Å². The number of nitrogens with two attached hydrogens (primary N) is 1. The third-order valence-corrected chi connectivity index (χ3v) is 6.21. The first kappa shape index (κ1) is 21.2. The molecule has 1 fully saturated rings. The monoisotopic (exact) mass is 447 g/mol. The molecule has 0 radical (unpaired) electrons. The second kappa shape index (κ2) is 8.25. The van der Waals surface area contributed by atoms with Crippen LogP contribution in [0.25, 0.3) is 0 Å². The fraction of sp³-hybridized carbons (Fsp3) is 0.350. The predicted molar refractivity (Wildman–Crippen MR) is 120 cm³/mol. The molecule has 10 nitrogen and oxygen atoms in total. The van der Waals surface area contributed by atoms with Crippen LogP contribution in [0.15, 0.2) is 39.5 Å². The van der Waals surface area contributed by atoms with Crippen molar-refractivity contribution < 1.29 is 18.6 Å². The van der Waals surface area contributed by atoms with E-state index in [0.717, 1.165) is 12.8 Å². The molecule has 1 aromatic carbocycles. The second-order valence-electron chi connectivity index (χ2n) is 7.76. The summed E-state index contributed by atoms with van der Waals surface area (Å²) < 4.78 is 31.9. The zero-order chi connectivity index (χ0) is 22.2. The quantitative estimate of drug-likeness (QED) is 0.482. The molecule has 1 saturated heterocycles. The van der Waals surface area contributed by atoms with Crippen LogP contribution in [0.3, 0.4) is 0 Å². The number of H-pyrrole nitrogens is 1. The Bertz CT molecular complexity index is 1100. The minimum absolute atomic E-state index is 0.00512. The molecular weight excluding hydrogens is 422 g/mol. The summed E-state index contributed by atoms with van der Waals surface area (Å²) >= 11 is 0. The largest absolute Gasteiger partial charge is 0.492 e. The minimum Gasteiger partial charge on any atom is -0.492 e. The maximum atomic E-state index is 12.9. The van der Waals surface area contributed by atoms with E-state index in [1.54, 1.807) is 36.1 Å². The molecule has 0 aliphatic carbocycles. The Kier molecular flexibility index (Phi) is 5.65. The van der Waals surface area contributed by atoms with Crippen LogP contribution in [0.1, 0.15) is 34.5 Å². The maximum absolute atomic E-state index is 12.9. The number of likely N-dealkylation sites (tertiary alicyclic amines) is 1. The number of anilines is 1. The molecule has 2 aromatic rings. The van der Waals surface area contributed by atoms with Gasteiger partial charge in [0.15, 0.2) is 5.84 Å². The normalized spacial score (nSPS) is 20.8. The van der Waals surface area contributed by atoms with E-state index >= 15 is 0 Å². The Morgan fingerprint density at radius 3 is 2.97 bits per heavy atom. The number of pyridine rings is 1. The number of aromatic nitrogens is 1. The SMILES string of the molecule is Cc1cc(C(=O)N2CCCC(COc3cccc4c3C(N)=NS(O)(O)N4)C2)cc(=O)[nH]1. The summed E-state index contributed by atoms with van der Waals surface area (Å²) in [5, 5.41) is 0. The number of amides is 1. The van der Waals surface area contributed by atoms with Crippen molar-refractivity contribution in [1.82, 2.24) is 9.88 Å². The molecule has 0 spiro atoms. The van der Waals surface area contributed by atoms with Gasteiger partial charge in [0.25, 0.3) is 5.91 Å². The van der Waals surface area contributed by atoms with Crippen LogP contribution in [0.5, 0.6) is 5.75 Å². The van der Waals surface area contributed by atoms with E-state index < -0.39 is 11.0 Å². The summed E-state index contributed by atoms with van der Waals surface area (Å²) in [4.78, 5) is 29.0. The molecule has 6 N–H and O–H groups in total. The van der Waals surface area contributed by atoms with E-state index in [4.69, 9.17) is 10.5 Å². The third-order valence-electron chi connectivity index (χ3n) is 5.26. The number of amidine groups is 1. The van der Waals surface area contributed by atoms with Gasteiger partial charge in [-0.1, -0.05) is 6.07 Å². The Balaban J connectivity index is 1.45. The number of hydrogen-bond acceptors (Lipinski definition) is 8. The predicted octanol–water partition coefficient (Wildman–Crippen LogP) is 2.33. The summed E-state index contributed by atoms with van der Waals surface area (Å²) in [5.74, 6) is 0.415. The number of carbonyl (C=O) groups excluding carboxylic acids is 1. The number of nitrogens with zero attached hydrogens (tertiary/aromatic N) is 2. The van der Waals surface area contributed by atoms with Crippen molar-refractivity contribution in [2.75, 3.05) is 24.4 Å². The molecule has 11 heteroatoms. The van der Waals surface area contributed by atoms with Gasteiger partial charge in [0.1, 0.15) is 5.75 Å². The fourth-order valence-electron chi connectivity index (χ4n) is 3.94. The van der Waals surface area contributed by atoms with Crippen molar-refractivity contribution in [1.29, 1.82) is 0 Å². The lowest BCUT2D eigenvalue weighted by Crippen LogP contribution is -2.42. The third kappa shape index (κ3) is 4.68. The first-order valence-electron chi connectivity index (χ1n) is 9.89. The topological polar surface area (TPSA) is 153 Å². The average Bonchev–Trinajstić information content (AvgIpc) is 2.70. The van der Waals surface area contributed by atoms with Gasteiger partial charge in [-0.05, 0) is 48.9 Å². The zero-order valence-corrected chi connectivity index (χ0v) is 17.8. The number of benzene rings is 1. The number of aryl methyl sites for hydroxylation is 1. The molecule has 4 rings (SSSR count). The molecule has 3 heterocycles. The van der Waals surface area contributed by atoms with Crippen molar-refractivity contribution >= 4 is 28.4 Å². The van der Waals surface area contributed by atoms with E-state index in [-0.39, 0.29) is 23.2 Å². The Morgan fingerprint density at radius 1 is 1.39 bits per heavy atom. The number of carbonyl (C=O) groups is 1. The molecule has 31 heavy (non-hydrogen) atoms. The van der Waals surface area contributed by atoms with Crippen LogP contribution in [0.4, 0.5) is 5.69 Å². The Morgan fingerprint density at radius 2 is 2.19 bits per heavy atom. The smallest absolute Gasteiger partial charge is 0.254 e. The summed E-state index contributed by atoms with van der Waals surface area (Å²) in [5.41, 5.74) is 7.59. The zero-order valence-electron chi connectivity index (χ0n) is 17.0. The summed E-state index contributed by atoms with van der Waals surface area (Å²) in [7, 11) is -3.36. The van der Waals surface area contributed by atoms with Crippen molar-refractivity contribution in [2.45, 2.75) is 19.8 Å². The summed E-state index contributed by atoms with van der Waals surface area (Å²) in [6, 6.07) is 8.14. The summed E-state index contributed by atoms with van der Waals surface area (Å²) in [6.45, 7) is 3.25. The van der Waals surface area contributed by atoms with Crippen LogP contribution in [0, 0.1) is 12.8 Å². The second-order valence-corrected chi connectivity index (χ2v) is 9.19. The molecule has 1 aromatic heterocycles. The van der Waals surface area contributed by atoms with Crippen LogP contribution < -0.4 is 20.8 Å². The van der Waals surface area contributed by atoms with Gasteiger partial charge >= 0.3 is 0 Å². The van der Waals surface area contributed by atoms with Gasteiger partial charge in [-0.3, -0.25) is 23.4 Å². The lowest BCUT2D eigenvalue weighted by molar-refractivity contribution is 0.0633. The summed E-state index contributed by atoms with van der Waals surface area (Å²) in [6.07, 6.45) is 1.73. The molecule has 1 unspecified atom stereocenters. The number of piperidine rings is 1. The molecular formula is C20H25N5O5S. The molecule has 166 valence electrons. The number of fused-ring (bicyclic) bond motifs is 1. The van der Waals surface area contributed by atoms with Crippen LogP contribution in [-0.4, -0.2) is 50.4 Å². The highest BCUT2D eigenvalue weighted by molar-refractivity contribution is 8.24. The lowest BCUT2D eigenvalue weighted by atomic mass is 9.98. The van der Waals surface area contributed by atoms with E-state index in [0.29, 0.717) is 48.0 Å². The van der Waals surface area contributed by atoms with Gasteiger partial charge in [0.2, 0.25) is 5.56 Å². The highest BCUT2D eigenvalue weighted by Gasteiger charge is 2.28. The lowest BCUT2D eigenvalue weighted by Gasteiger charge is -2.34. The van der Waals surface area contributed by atoms with E-state index in [1.807, 2.05) is 0 Å². The van der Waals surface area contributed by atoms with Crippen LogP contribution >= 0.6 is 11.0 Å².